The molecule has 1 unspecified atom stereocenters. The van der Waals surface area contributed by atoms with Gasteiger partial charge in [0.05, 0.1) is 11.5 Å². The second kappa shape index (κ2) is 9.77. The highest BCUT2D eigenvalue weighted by Gasteiger charge is 2.33. The molecule has 2 aliphatic rings. The van der Waals surface area contributed by atoms with Crippen molar-refractivity contribution in [1.29, 1.82) is 0 Å². The van der Waals surface area contributed by atoms with Crippen LogP contribution in [-0.2, 0) is 9.59 Å². The Labute approximate surface area is 195 Å². The zero-order valence-corrected chi connectivity index (χ0v) is 18.6. The quantitative estimate of drug-likeness (QED) is 0.514. The van der Waals surface area contributed by atoms with Crippen LogP contribution >= 0.6 is 0 Å². The monoisotopic (exact) mass is 468 g/mol. The van der Waals surface area contributed by atoms with E-state index in [1.165, 1.54) is 18.2 Å². The number of para-hydroxylation sites is 2. The topological polar surface area (TPSA) is 131 Å². The first-order valence-electron chi connectivity index (χ1n) is 10.8. The number of nitrogens with zero attached hydrogens (tertiary/aromatic N) is 3. The van der Waals surface area contributed by atoms with Crippen LogP contribution in [0.5, 0.6) is 11.5 Å². The van der Waals surface area contributed by atoms with Crippen LogP contribution in [0.25, 0.3) is 0 Å². The first kappa shape index (κ1) is 23.0. The summed E-state index contributed by atoms with van der Waals surface area (Å²) in [5, 5.41) is 13.6. The van der Waals surface area contributed by atoms with Crippen molar-refractivity contribution in [2.75, 3.05) is 39.3 Å². The fraction of sp³-hybridized carbons (Fsp3) is 0.348. The molecule has 2 aromatic carbocycles. The summed E-state index contributed by atoms with van der Waals surface area (Å²) in [6.07, 6.45) is -0.741. The minimum absolute atomic E-state index is 0.108. The molecular formula is C23H24N4O7. The molecule has 0 radical (unpaired) electrons. The summed E-state index contributed by atoms with van der Waals surface area (Å²) in [6.45, 7) is 2.78. The molecule has 2 aliphatic heterocycles. The van der Waals surface area contributed by atoms with E-state index in [0.29, 0.717) is 43.2 Å². The van der Waals surface area contributed by atoms with Crippen LogP contribution in [-0.4, -0.2) is 77.9 Å². The maximum atomic E-state index is 12.8. The van der Waals surface area contributed by atoms with Crippen molar-refractivity contribution in [2.45, 2.75) is 13.0 Å². The van der Waals surface area contributed by atoms with E-state index in [4.69, 9.17) is 9.47 Å². The Kier molecular flexibility index (Phi) is 6.62. The van der Waals surface area contributed by atoms with E-state index in [2.05, 4.69) is 5.32 Å². The zero-order valence-electron chi connectivity index (χ0n) is 18.6. The van der Waals surface area contributed by atoms with Gasteiger partial charge < -0.3 is 24.6 Å². The van der Waals surface area contributed by atoms with Crippen LogP contribution in [0.2, 0.25) is 0 Å². The molecule has 1 fully saturated rings. The van der Waals surface area contributed by atoms with Gasteiger partial charge in [-0.25, -0.2) is 0 Å². The lowest BCUT2D eigenvalue weighted by atomic mass is 10.1. The molecule has 34 heavy (non-hydrogen) atoms. The summed E-state index contributed by atoms with van der Waals surface area (Å²) in [5.74, 6) is 0.0592. The van der Waals surface area contributed by atoms with E-state index >= 15 is 0 Å². The predicted molar refractivity (Wildman–Crippen MR) is 120 cm³/mol. The van der Waals surface area contributed by atoms with E-state index in [1.54, 1.807) is 34.9 Å². The summed E-state index contributed by atoms with van der Waals surface area (Å²) < 4.78 is 11.4. The molecule has 0 bridgehead atoms. The van der Waals surface area contributed by atoms with Crippen LogP contribution in [0, 0.1) is 17.0 Å². The molecule has 1 saturated heterocycles. The van der Waals surface area contributed by atoms with Crippen molar-refractivity contribution in [2.24, 2.45) is 0 Å². The van der Waals surface area contributed by atoms with Gasteiger partial charge in [-0.05, 0) is 25.1 Å². The Morgan fingerprint density at radius 3 is 2.44 bits per heavy atom. The third-order valence-corrected chi connectivity index (χ3v) is 5.80. The number of fused-ring (bicyclic) bond motifs is 1. The second-order valence-corrected chi connectivity index (χ2v) is 8.01. The highest BCUT2D eigenvalue weighted by molar-refractivity contribution is 5.97. The van der Waals surface area contributed by atoms with Gasteiger partial charge in [-0.1, -0.05) is 18.2 Å². The minimum atomic E-state index is -0.741. The average Bonchev–Trinajstić information content (AvgIpc) is 2.86. The molecule has 1 N–H and O–H groups in total. The summed E-state index contributed by atoms with van der Waals surface area (Å²) in [4.78, 5) is 51.4. The van der Waals surface area contributed by atoms with E-state index in [0.717, 1.165) is 0 Å². The van der Waals surface area contributed by atoms with Gasteiger partial charge in [0.2, 0.25) is 12.0 Å². The fourth-order valence-corrected chi connectivity index (χ4v) is 3.84. The second-order valence-electron chi connectivity index (χ2n) is 8.01. The van der Waals surface area contributed by atoms with Crippen LogP contribution in [0.3, 0.4) is 0 Å². The first-order valence-corrected chi connectivity index (χ1v) is 10.8. The summed E-state index contributed by atoms with van der Waals surface area (Å²) in [5.41, 5.74) is 0.395. The molecule has 11 heteroatoms. The Morgan fingerprint density at radius 2 is 1.74 bits per heavy atom. The van der Waals surface area contributed by atoms with Crippen LogP contribution in [0.1, 0.15) is 15.9 Å². The number of benzene rings is 2. The molecular weight excluding hydrogens is 444 g/mol. The van der Waals surface area contributed by atoms with Crippen molar-refractivity contribution in [3.8, 4) is 11.5 Å². The van der Waals surface area contributed by atoms with E-state index in [1.807, 2.05) is 6.07 Å². The Balaban J connectivity index is 1.25. The lowest BCUT2D eigenvalue weighted by molar-refractivity contribution is -0.385. The number of hydrogen-bond acceptors (Lipinski definition) is 7. The summed E-state index contributed by atoms with van der Waals surface area (Å²) >= 11 is 0. The molecule has 4 rings (SSSR count). The third-order valence-electron chi connectivity index (χ3n) is 5.80. The summed E-state index contributed by atoms with van der Waals surface area (Å²) in [7, 11) is 0. The third kappa shape index (κ3) is 4.92. The van der Waals surface area contributed by atoms with Gasteiger partial charge in [0, 0.05) is 43.4 Å². The number of nitro benzene ring substituents is 1. The molecule has 0 spiro atoms. The number of hydrogen-bond donors (Lipinski definition) is 1. The Hall–Kier alpha value is -4.15. The van der Waals surface area contributed by atoms with Crippen molar-refractivity contribution in [3.63, 3.8) is 0 Å². The van der Waals surface area contributed by atoms with Gasteiger partial charge in [-0.15, -0.1) is 0 Å². The largest absolute Gasteiger partial charge is 0.485 e. The zero-order chi connectivity index (χ0) is 24.2. The highest BCUT2D eigenvalue weighted by Crippen LogP contribution is 2.31. The SMILES string of the molecule is Cc1ccc(C(=O)NCC(=O)N2CCN(C(=O)C3COc4ccccc4O3)CC2)cc1[N+](=O)[O-]. The van der Waals surface area contributed by atoms with Crippen LogP contribution < -0.4 is 14.8 Å². The number of carbonyl (C=O) groups excluding carboxylic acids is 3. The van der Waals surface area contributed by atoms with Gasteiger partial charge in [0.15, 0.2) is 11.5 Å². The number of amides is 3. The molecule has 11 nitrogen and oxygen atoms in total. The standard InChI is InChI=1S/C23H24N4O7/c1-15-6-7-16(12-17(15)27(31)32)22(29)24-13-21(28)25-8-10-26(11-9-25)23(30)20-14-33-18-4-2-3-5-19(18)34-20/h2-7,12,20H,8-11,13-14H2,1H3,(H,24,29). The Morgan fingerprint density at radius 1 is 1.06 bits per heavy atom. The normalized spacial score (nSPS) is 17.1. The molecule has 0 saturated carbocycles. The van der Waals surface area contributed by atoms with Gasteiger partial charge in [0.25, 0.3) is 17.5 Å². The van der Waals surface area contributed by atoms with Crippen molar-refractivity contribution < 1.29 is 28.8 Å². The molecule has 178 valence electrons. The van der Waals surface area contributed by atoms with Crippen LogP contribution in [0.15, 0.2) is 42.5 Å². The molecule has 1 atom stereocenters. The highest BCUT2D eigenvalue weighted by atomic mass is 16.6. The van der Waals surface area contributed by atoms with E-state index in [9.17, 15) is 24.5 Å². The number of carbonyl (C=O) groups is 3. The van der Waals surface area contributed by atoms with Gasteiger partial charge in [-0.3, -0.25) is 24.5 Å². The van der Waals surface area contributed by atoms with Crippen LogP contribution in [0.4, 0.5) is 5.69 Å². The van der Waals surface area contributed by atoms with E-state index in [-0.39, 0.29) is 36.2 Å². The number of nitro groups is 1. The maximum Gasteiger partial charge on any atom is 0.273 e. The number of aryl methyl sites for hydroxylation is 1. The predicted octanol–water partition coefficient (Wildman–Crippen LogP) is 1.14. The number of rotatable bonds is 5. The summed E-state index contributed by atoms with van der Waals surface area (Å²) in [6, 6.07) is 11.3. The minimum Gasteiger partial charge on any atom is -0.485 e. The molecule has 0 aromatic heterocycles. The van der Waals surface area contributed by atoms with Crippen molar-refractivity contribution in [3.05, 3.63) is 63.7 Å². The van der Waals surface area contributed by atoms with Gasteiger partial charge in [-0.2, -0.15) is 0 Å². The fourth-order valence-electron chi connectivity index (χ4n) is 3.84. The van der Waals surface area contributed by atoms with Gasteiger partial charge in [0.1, 0.15) is 6.61 Å². The maximum absolute atomic E-state index is 12.8. The number of piperazine rings is 1. The van der Waals surface area contributed by atoms with Crippen molar-refractivity contribution >= 4 is 23.4 Å². The number of ether oxygens (including phenoxy) is 2. The first-order chi connectivity index (χ1) is 16.3. The lowest BCUT2D eigenvalue weighted by Crippen LogP contribution is -2.56. The molecule has 2 aromatic rings. The smallest absolute Gasteiger partial charge is 0.273 e. The van der Waals surface area contributed by atoms with Gasteiger partial charge >= 0.3 is 0 Å². The molecule has 2 heterocycles. The molecule has 3 amide bonds. The lowest BCUT2D eigenvalue weighted by Gasteiger charge is -2.37. The average molecular weight is 468 g/mol. The Bertz CT molecular complexity index is 1130. The van der Waals surface area contributed by atoms with E-state index < -0.39 is 16.9 Å². The van der Waals surface area contributed by atoms with Crippen molar-refractivity contribution in [1.82, 2.24) is 15.1 Å². The molecule has 0 aliphatic carbocycles. The number of nitrogens with one attached hydrogen (secondary N) is 1.